The number of alkyl halides is 3. The van der Waals surface area contributed by atoms with Crippen molar-refractivity contribution in [3.05, 3.63) is 59.4 Å². The van der Waals surface area contributed by atoms with Crippen LogP contribution in [-0.2, 0) is 20.4 Å². The molecule has 13 heteroatoms. The van der Waals surface area contributed by atoms with E-state index in [1.54, 1.807) is 24.5 Å². The van der Waals surface area contributed by atoms with Crippen LogP contribution in [0, 0.1) is 0 Å². The Balaban J connectivity index is 0.000000196. The van der Waals surface area contributed by atoms with Gasteiger partial charge in [0.15, 0.2) is 11.6 Å². The molecule has 2 saturated heterocycles. The van der Waals surface area contributed by atoms with Gasteiger partial charge in [-0.15, -0.1) is 0 Å². The molecule has 2 atom stereocenters. The molecule has 45 heavy (non-hydrogen) atoms. The lowest BCUT2D eigenvalue weighted by Crippen LogP contribution is -2.40. The number of anilines is 3. The smallest absolute Gasteiger partial charge is 0.416 e. The number of aromatic nitrogens is 2. The molecule has 5 heterocycles. The Bertz CT molecular complexity index is 1460. The molecule has 3 aromatic rings. The summed E-state index contributed by atoms with van der Waals surface area (Å²) in [4.78, 5) is 23.2. The van der Waals surface area contributed by atoms with Crippen molar-refractivity contribution in [3.8, 4) is 17.0 Å². The van der Waals surface area contributed by atoms with E-state index >= 15 is 0 Å². The summed E-state index contributed by atoms with van der Waals surface area (Å²) in [6, 6.07) is 9.03. The van der Waals surface area contributed by atoms with Crippen LogP contribution in [-0.4, -0.2) is 67.7 Å². The molecule has 2 aromatic heterocycles. The molecule has 1 amide bonds. The highest BCUT2D eigenvalue weighted by molar-refractivity contribution is 6.33. The molecule has 2 fully saturated rings. The second kappa shape index (κ2) is 14.7. The SMILES string of the molecule is CC1(C)OC[C@@H](COc2cncc(NC=O)c2)O1.CCC.CN1c2nc(-c3cccc(C(F)(F)F)c3)c(Cl)cc2N2CCC1C2. The maximum atomic E-state index is 13.0. The third-order valence-corrected chi connectivity index (χ3v) is 7.52. The zero-order valence-electron chi connectivity index (χ0n) is 26.0. The summed E-state index contributed by atoms with van der Waals surface area (Å²) in [5.41, 5.74) is 1.60. The van der Waals surface area contributed by atoms with Crippen molar-refractivity contribution in [1.82, 2.24) is 9.97 Å². The van der Waals surface area contributed by atoms with E-state index in [1.165, 1.54) is 12.5 Å². The quantitative estimate of drug-likeness (QED) is 0.284. The summed E-state index contributed by atoms with van der Waals surface area (Å²) < 4.78 is 55.5. The maximum Gasteiger partial charge on any atom is 0.416 e. The van der Waals surface area contributed by atoms with Crippen LogP contribution in [0.4, 0.5) is 30.4 Å². The molecule has 6 rings (SSSR count). The van der Waals surface area contributed by atoms with Gasteiger partial charge in [0.2, 0.25) is 6.41 Å². The van der Waals surface area contributed by atoms with E-state index in [-0.39, 0.29) is 6.10 Å². The third kappa shape index (κ3) is 8.77. The number of fused-ring (bicyclic) bond motifs is 4. The number of nitrogens with zero attached hydrogens (tertiary/aromatic N) is 4. The van der Waals surface area contributed by atoms with Crippen molar-refractivity contribution in [2.45, 2.75) is 64.6 Å². The number of nitrogens with one attached hydrogen (secondary N) is 1. The minimum absolute atomic E-state index is 0.0947. The van der Waals surface area contributed by atoms with Gasteiger partial charge in [0.05, 0.1) is 46.7 Å². The first kappa shape index (κ1) is 34.3. The van der Waals surface area contributed by atoms with Crippen molar-refractivity contribution >= 4 is 35.2 Å². The van der Waals surface area contributed by atoms with Gasteiger partial charge in [0, 0.05) is 37.8 Å². The largest absolute Gasteiger partial charge is 0.489 e. The molecule has 0 spiro atoms. The standard InChI is InChI=1S/C17H15ClF3N3.C12H16N2O4.C3H8/c1-23-12-5-6-24(9-12)14-8-13(18)15(22-16(14)23)10-3-2-4-11(7-10)17(19,20)21;1-12(2)17-7-11(18-12)6-16-10-3-9(14-8-15)4-13-5-10;1-3-2/h2-4,7-8,12H,5-6,9H2,1H3;3-5,8,11H,6-7H2,1-2H3,(H,14,15);3H2,1-2H3/t;11-;/m.1./s1. The van der Waals surface area contributed by atoms with Crippen molar-refractivity contribution in [2.24, 2.45) is 0 Å². The number of rotatable bonds is 6. The number of amides is 1. The second-order valence-electron chi connectivity index (χ2n) is 11.4. The zero-order chi connectivity index (χ0) is 32.8. The summed E-state index contributed by atoms with van der Waals surface area (Å²) in [7, 11) is 1.98. The molecule has 3 aliphatic rings. The predicted molar refractivity (Wildman–Crippen MR) is 169 cm³/mol. The number of ether oxygens (including phenoxy) is 3. The van der Waals surface area contributed by atoms with E-state index in [1.807, 2.05) is 27.0 Å². The molecule has 1 aromatic carbocycles. The highest BCUT2D eigenvalue weighted by Crippen LogP contribution is 2.42. The van der Waals surface area contributed by atoms with Crippen LogP contribution < -0.4 is 19.9 Å². The van der Waals surface area contributed by atoms with E-state index in [9.17, 15) is 18.0 Å². The molecule has 3 aliphatic heterocycles. The second-order valence-corrected chi connectivity index (χ2v) is 11.8. The van der Waals surface area contributed by atoms with Crippen molar-refractivity contribution in [3.63, 3.8) is 0 Å². The topological polar surface area (TPSA) is 89.0 Å². The molecule has 9 nitrogen and oxygen atoms in total. The van der Waals surface area contributed by atoms with Crippen LogP contribution in [0.15, 0.2) is 48.8 Å². The van der Waals surface area contributed by atoms with Gasteiger partial charge in [-0.05, 0) is 38.5 Å². The predicted octanol–water partition coefficient (Wildman–Crippen LogP) is 7.05. The average Bonchev–Trinajstić information content (AvgIpc) is 3.60. The first-order chi connectivity index (χ1) is 21.3. The lowest BCUT2D eigenvalue weighted by Gasteiger charge is -2.35. The van der Waals surface area contributed by atoms with E-state index < -0.39 is 17.5 Å². The van der Waals surface area contributed by atoms with Crippen LogP contribution in [0.1, 0.15) is 46.1 Å². The molecular formula is C32H39ClF3N5O4. The molecule has 2 bridgehead atoms. The number of carbonyl (C=O) groups excluding carboxylic acids is 1. The van der Waals surface area contributed by atoms with Gasteiger partial charge in [-0.25, -0.2) is 4.98 Å². The Hall–Kier alpha value is -3.61. The van der Waals surface area contributed by atoms with E-state index in [0.29, 0.717) is 53.4 Å². The monoisotopic (exact) mass is 649 g/mol. The van der Waals surface area contributed by atoms with Crippen molar-refractivity contribution < 1.29 is 32.2 Å². The first-order valence-electron chi connectivity index (χ1n) is 14.8. The van der Waals surface area contributed by atoms with Gasteiger partial charge in [0.25, 0.3) is 0 Å². The van der Waals surface area contributed by atoms with E-state index in [4.69, 9.17) is 25.8 Å². The summed E-state index contributed by atoms with van der Waals surface area (Å²) in [6.45, 7) is 10.8. The van der Waals surface area contributed by atoms with Gasteiger partial charge in [-0.3, -0.25) is 9.78 Å². The minimum Gasteiger partial charge on any atom is -0.489 e. The van der Waals surface area contributed by atoms with Crippen molar-refractivity contribution in [2.75, 3.05) is 48.5 Å². The fraction of sp³-hybridized carbons (Fsp3) is 0.469. The molecular weight excluding hydrogens is 611 g/mol. The Labute approximate surface area is 266 Å². The van der Waals surface area contributed by atoms with Crippen molar-refractivity contribution in [1.29, 1.82) is 0 Å². The minimum atomic E-state index is -4.39. The number of pyridine rings is 2. The summed E-state index contributed by atoms with van der Waals surface area (Å²) in [6.07, 6.45) is 1.53. The molecule has 244 valence electrons. The van der Waals surface area contributed by atoms with Gasteiger partial charge in [0.1, 0.15) is 18.5 Å². The van der Waals surface area contributed by atoms with E-state index in [0.717, 1.165) is 43.1 Å². The Morgan fingerprint density at radius 1 is 1.20 bits per heavy atom. The number of halogens is 4. The lowest BCUT2D eigenvalue weighted by atomic mass is 10.1. The molecule has 1 N–H and O–H groups in total. The average molecular weight is 650 g/mol. The van der Waals surface area contributed by atoms with Crippen LogP contribution in [0.3, 0.4) is 0 Å². The Morgan fingerprint density at radius 3 is 2.62 bits per heavy atom. The Morgan fingerprint density at radius 2 is 1.96 bits per heavy atom. The normalized spacial score (nSPS) is 19.5. The number of benzene rings is 1. The van der Waals surface area contributed by atoms with Crippen LogP contribution >= 0.6 is 11.6 Å². The number of hydrogen-bond donors (Lipinski definition) is 1. The lowest BCUT2D eigenvalue weighted by molar-refractivity contribution is -0.141. The fourth-order valence-electron chi connectivity index (χ4n) is 5.14. The summed E-state index contributed by atoms with van der Waals surface area (Å²) in [5.74, 6) is 0.809. The maximum absolute atomic E-state index is 13.0. The van der Waals surface area contributed by atoms with E-state index in [2.05, 4.69) is 38.9 Å². The Kier molecular flexibility index (Phi) is 11.2. The molecule has 0 saturated carbocycles. The number of likely N-dealkylation sites (N-methyl/N-ethyl adjacent to an activating group) is 1. The first-order valence-corrected chi connectivity index (χ1v) is 15.2. The zero-order valence-corrected chi connectivity index (χ0v) is 26.8. The third-order valence-electron chi connectivity index (χ3n) is 7.23. The van der Waals surface area contributed by atoms with Gasteiger partial charge in [-0.1, -0.05) is 44.0 Å². The fourth-order valence-corrected chi connectivity index (χ4v) is 5.39. The van der Waals surface area contributed by atoms with Gasteiger partial charge in [-0.2, -0.15) is 13.2 Å². The highest BCUT2D eigenvalue weighted by atomic mass is 35.5. The van der Waals surface area contributed by atoms with Gasteiger partial charge >= 0.3 is 6.18 Å². The van der Waals surface area contributed by atoms with Crippen LogP contribution in [0.25, 0.3) is 11.3 Å². The number of hydrogen-bond acceptors (Lipinski definition) is 8. The molecule has 0 aliphatic carbocycles. The molecule has 1 unspecified atom stereocenters. The highest BCUT2D eigenvalue weighted by Gasteiger charge is 2.36. The molecule has 0 radical (unpaired) electrons. The number of carbonyl (C=O) groups is 1. The van der Waals surface area contributed by atoms with Gasteiger partial charge < -0.3 is 29.3 Å². The van der Waals surface area contributed by atoms with Crippen LogP contribution in [0.2, 0.25) is 5.02 Å². The summed E-state index contributed by atoms with van der Waals surface area (Å²) in [5, 5.41) is 2.88. The summed E-state index contributed by atoms with van der Waals surface area (Å²) >= 11 is 6.36. The van der Waals surface area contributed by atoms with Crippen LogP contribution in [0.5, 0.6) is 5.75 Å².